The Morgan fingerprint density at radius 2 is 1.90 bits per heavy atom. The largest absolute Gasteiger partial charge is 0.378 e. The first-order valence-electron chi connectivity index (χ1n) is 7.20. The average molecular weight is 361 g/mol. The van der Waals surface area contributed by atoms with E-state index in [9.17, 15) is 0 Å². The van der Waals surface area contributed by atoms with Gasteiger partial charge in [0.2, 0.25) is 0 Å². The standard InChI is InChI=1S/C18H15BrClN/c19-12-6-4-11(5-7-12)18-15-3-1-2-14(15)16-10-13(20)8-9-17(16)21-18/h1-2,4-10,14-15,18,21H,3H2/t14-,15+,18+/m0/s1. The van der Waals surface area contributed by atoms with Crippen LogP contribution in [0.4, 0.5) is 5.69 Å². The van der Waals surface area contributed by atoms with Crippen molar-refractivity contribution in [3.8, 4) is 0 Å². The van der Waals surface area contributed by atoms with Gasteiger partial charge in [-0.1, -0.05) is 51.8 Å². The third-order valence-corrected chi connectivity index (χ3v) is 5.32. The van der Waals surface area contributed by atoms with E-state index < -0.39 is 0 Å². The first kappa shape index (κ1) is 13.4. The van der Waals surface area contributed by atoms with Crippen molar-refractivity contribution in [3.63, 3.8) is 0 Å². The zero-order valence-corrected chi connectivity index (χ0v) is 13.7. The number of allylic oxidation sites excluding steroid dienone is 2. The van der Waals surface area contributed by atoms with Gasteiger partial charge in [0.25, 0.3) is 0 Å². The van der Waals surface area contributed by atoms with E-state index in [1.165, 1.54) is 16.8 Å². The van der Waals surface area contributed by atoms with E-state index in [0.717, 1.165) is 15.9 Å². The first-order valence-corrected chi connectivity index (χ1v) is 8.37. The zero-order chi connectivity index (χ0) is 14.4. The molecule has 2 aliphatic rings. The van der Waals surface area contributed by atoms with E-state index in [2.05, 4.69) is 69.8 Å². The minimum atomic E-state index is 0.353. The van der Waals surface area contributed by atoms with Gasteiger partial charge in [-0.15, -0.1) is 0 Å². The second-order valence-electron chi connectivity index (χ2n) is 5.76. The van der Waals surface area contributed by atoms with Crippen molar-refractivity contribution in [3.05, 3.63) is 75.2 Å². The second kappa shape index (κ2) is 5.19. The van der Waals surface area contributed by atoms with Gasteiger partial charge in [-0.3, -0.25) is 0 Å². The Bertz CT molecular complexity index is 708. The highest BCUT2D eigenvalue weighted by Crippen LogP contribution is 2.50. The van der Waals surface area contributed by atoms with Crippen LogP contribution in [0.25, 0.3) is 0 Å². The molecule has 1 N–H and O–H groups in total. The van der Waals surface area contributed by atoms with Crippen molar-refractivity contribution in [1.29, 1.82) is 0 Å². The number of fused-ring (bicyclic) bond motifs is 3. The summed E-state index contributed by atoms with van der Waals surface area (Å²) in [7, 11) is 0. The van der Waals surface area contributed by atoms with Crippen molar-refractivity contribution in [1.82, 2.24) is 0 Å². The molecule has 2 aromatic carbocycles. The SMILES string of the molecule is Clc1ccc2c(c1)[C@H]1C=CC[C@H]1[C@@H](c1ccc(Br)cc1)N2. The van der Waals surface area contributed by atoms with Crippen LogP contribution < -0.4 is 5.32 Å². The van der Waals surface area contributed by atoms with E-state index in [0.29, 0.717) is 17.9 Å². The van der Waals surface area contributed by atoms with Gasteiger partial charge in [0.05, 0.1) is 6.04 Å². The summed E-state index contributed by atoms with van der Waals surface area (Å²) in [5.41, 5.74) is 3.88. The molecule has 1 nitrogen and oxygen atoms in total. The molecule has 21 heavy (non-hydrogen) atoms. The summed E-state index contributed by atoms with van der Waals surface area (Å²) >= 11 is 9.69. The number of rotatable bonds is 1. The summed E-state index contributed by atoms with van der Waals surface area (Å²) in [4.78, 5) is 0. The molecule has 1 heterocycles. The molecule has 0 bridgehead atoms. The number of benzene rings is 2. The lowest BCUT2D eigenvalue weighted by atomic mass is 9.77. The Kier molecular flexibility index (Phi) is 3.31. The fourth-order valence-electron chi connectivity index (χ4n) is 3.57. The topological polar surface area (TPSA) is 12.0 Å². The Labute approximate surface area is 138 Å². The molecule has 1 aliphatic heterocycles. The molecule has 3 heteroatoms. The number of halogens is 2. The molecule has 3 atom stereocenters. The molecule has 0 radical (unpaired) electrons. The first-order chi connectivity index (χ1) is 10.2. The zero-order valence-electron chi connectivity index (χ0n) is 11.4. The molecule has 0 aromatic heterocycles. The van der Waals surface area contributed by atoms with Crippen molar-refractivity contribution in [2.75, 3.05) is 5.32 Å². The smallest absolute Gasteiger partial charge is 0.0553 e. The third-order valence-electron chi connectivity index (χ3n) is 4.55. The third kappa shape index (κ3) is 2.31. The van der Waals surface area contributed by atoms with Crippen LogP contribution in [0.15, 0.2) is 59.1 Å². The average Bonchev–Trinajstić information content (AvgIpc) is 2.97. The summed E-state index contributed by atoms with van der Waals surface area (Å²) < 4.78 is 1.12. The van der Waals surface area contributed by atoms with Crippen LogP contribution in [0.2, 0.25) is 5.02 Å². The molecule has 106 valence electrons. The van der Waals surface area contributed by atoms with Gasteiger partial charge in [-0.25, -0.2) is 0 Å². The quantitative estimate of drug-likeness (QED) is 0.622. The van der Waals surface area contributed by atoms with E-state index >= 15 is 0 Å². The monoisotopic (exact) mass is 359 g/mol. The Hall–Kier alpha value is -1.25. The number of nitrogens with one attached hydrogen (secondary N) is 1. The van der Waals surface area contributed by atoms with Crippen LogP contribution in [0.5, 0.6) is 0 Å². The fraction of sp³-hybridized carbons (Fsp3) is 0.222. The van der Waals surface area contributed by atoms with Gasteiger partial charge < -0.3 is 5.32 Å². The second-order valence-corrected chi connectivity index (χ2v) is 7.11. The van der Waals surface area contributed by atoms with Crippen LogP contribution in [0, 0.1) is 5.92 Å². The maximum absolute atomic E-state index is 6.18. The summed E-state index contributed by atoms with van der Waals surface area (Å²) in [6.07, 6.45) is 5.76. The van der Waals surface area contributed by atoms with E-state index in [1.54, 1.807) is 0 Å². The lowest BCUT2D eigenvalue weighted by Crippen LogP contribution is -2.28. The highest BCUT2D eigenvalue weighted by molar-refractivity contribution is 9.10. The maximum Gasteiger partial charge on any atom is 0.0553 e. The molecular weight excluding hydrogens is 346 g/mol. The van der Waals surface area contributed by atoms with Crippen molar-refractivity contribution >= 4 is 33.2 Å². The predicted octanol–water partition coefficient (Wildman–Crippen LogP) is 5.93. The molecule has 0 fully saturated rings. The maximum atomic E-state index is 6.18. The highest BCUT2D eigenvalue weighted by atomic mass is 79.9. The van der Waals surface area contributed by atoms with Crippen LogP contribution in [0.3, 0.4) is 0 Å². The van der Waals surface area contributed by atoms with E-state index in [4.69, 9.17) is 11.6 Å². The number of hydrogen-bond acceptors (Lipinski definition) is 1. The molecule has 0 spiro atoms. The van der Waals surface area contributed by atoms with Gasteiger partial charge in [-0.2, -0.15) is 0 Å². The van der Waals surface area contributed by atoms with Crippen molar-refractivity contribution in [2.45, 2.75) is 18.4 Å². The molecule has 4 rings (SSSR count). The summed E-state index contributed by atoms with van der Waals surface area (Å²) in [6, 6.07) is 15.2. The van der Waals surface area contributed by atoms with Gasteiger partial charge in [0, 0.05) is 21.1 Å². The van der Waals surface area contributed by atoms with Crippen molar-refractivity contribution in [2.24, 2.45) is 5.92 Å². The summed E-state index contributed by atoms with van der Waals surface area (Å²) in [5.74, 6) is 1.03. The molecule has 0 amide bonds. The molecule has 1 aliphatic carbocycles. The van der Waals surface area contributed by atoms with E-state index in [-0.39, 0.29) is 0 Å². The van der Waals surface area contributed by atoms with Crippen LogP contribution in [0.1, 0.15) is 29.5 Å². The minimum absolute atomic E-state index is 0.353. The number of anilines is 1. The van der Waals surface area contributed by atoms with Crippen LogP contribution in [-0.4, -0.2) is 0 Å². The molecular formula is C18H15BrClN. The van der Waals surface area contributed by atoms with Crippen LogP contribution >= 0.6 is 27.5 Å². The molecule has 0 saturated heterocycles. The Balaban J connectivity index is 1.78. The molecule has 0 saturated carbocycles. The highest BCUT2D eigenvalue weighted by Gasteiger charge is 2.37. The summed E-state index contributed by atoms with van der Waals surface area (Å²) in [5, 5.41) is 4.53. The summed E-state index contributed by atoms with van der Waals surface area (Å²) in [6.45, 7) is 0. The Morgan fingerprint density at radius 3 is 2.71 bits per heavy atom. The number of hydrogen-bond donors (Lipinski definition) is 1. The van der Waals surface area contributed by atoms with Crippen molar-refractivity contribution < 1.29 is 0 Å². The normalized spacial score (nSPS) is 26.1. The van der Waals surface area contributed by atoms with Gasteiger partial charge in [-0.05, 0) is 53.8 Å². The van der Waals surface area contributed by atoms with Crippen LogP contribution in [-0.2, 0) is 0 Å². The van der Waals surface area contributed by atoms with Gasteiger partial charge >= 0.3 is 0 Å². The van der Waals surface area contributed by atoms with E-state index in [1.807, 2.05) is 6.07 Å². The van der Waals surface area contributed by atoms with Gasteiger partial charge in [0.15, 0.2) is 0 Å². The van der Waals surface area contributed by atoms with Gasteiger partial charge in [0.1, 0.15) is 0 Å². The molecule has 0 unspecified atom stereocenters. The fourth-order valence-corrected chi connectivity index (χ4v) is 4.01. The minimum Gasteiger partial charge on any atom is -0.378 e. The lowest BCUT2D eigenvalue weighted by Gasteiger charge is -2.37. The Morgan fingerprint density at radius 1 is 1.10 bits per heavy atom. The lowest BCUT2D eigenvalue weighted by molar-refractivity contribution is 0.425. The predicted molar refractivity (Wildman–Crippen MR) is 91.9 cm³/mol. The molecule has 2 aromatic rings.